The lowest BCUT2D eigenvalue weighted by atomic mass is 10.1. The van der Waals surface area contributed by atoms with Crippen LogP contribution in [-0.4, -0.2) is 4.98 Å². The van der Waals surface area contributed by atoms with Gasteiger partial charge in [-0.1, -0.05) is 23.8 Å². The summed E-state index contributed by atoms with van der Waals surface area (Å²) >= 11 is 0. The Morgan fingerprint density at radius 2 is 1.86 bits per heavy atom. The number of aryl methyl sites for hydroxylation is 3. The summed E-state index contributed by atoms with van der Waals surface area (Å²) in [6, 6.07) is 9.72. The fraction of sp³-hybridized carbons (Fsp3) is 0.235. The van der Waals surface area contributed by atoms with Crippen LogP contribution in [0.3, 0.4) is 0 Å². The number of anilines is 1. The molecule has 0 amide bonds. The van der Waals surface area contributed by atoms with E-state index in [1.165, 1.54) is 5.56 Å². The number of rotatable bonds is 3. The molecule has 1 aromatic heterocycles. The second-order valence-corrected chi connectivity index (χ2v) is 5.32. The summed E-state index contributed by atoms with van der Waals surface area (Å²) in [5.74, 6) is 1.41. The van der Waals surface area contributed by atoms with Crippen LogP contribution in [-0.2, 0) is 6.61 Å². The number of ether oxygens (including phenoxy) is 1. The molecular formula is C17H18N2O2. The first-order valence-corrected chi connectivity index (χ1v) is 6.89. The highest BCUT2D eigenvalue weighted by Crippen LogP contribution is 2.26. The minimum absolute atomic E-state index is 0.291. The quantitative estimate of drug-likeness (QED) is 0.740. The van der Waals surface area contributed by atoms with Crippen LogP contribution >= 0.6 is 0 Å². The predicted molar refractivity (Wildman–Crippen MR) is 83.4 cm³/mol. The largest absolute Gasteiger partial charge is 0.483 e. The highest BCUT2D eigenvalue weighted by molar-refractivity contribution is 5.85. The predicted octanol–water partition coefficient (Wildman–Crippen LogP) is 3.91. The Kier molecular flexibility index (Phi) is 3.29. The van der Waals surface area contributed by atoms with Crippen LogP contribution in [0.5, 0.6) is 5.75 Å². The van der Waals surface area contributed by atoms with Crippen LogP contribution in [0.25, 0.3) is 11.1 Å². The van der Waals surface area contributed by atoms with E-state index in [2.05, 4.69) is 24.0 Å². The molecule has 2 N–H and O–H groups in total. The average Bonchev–Trinajstić information content (AvgIpc) is 2.82. The van der Waals surface area contributed by atoms with Crippen molar-refractivity contribution in [3.05, 3.63) is 52.9 Å². The maximum Gasteiger partial charge on any atom is 0.233 e. The van der Waals surface area contributed by atoms with Gasteiger partial charge in [-0.05, 0) is 44.0 Å². The standard InChI is InChI=1S/C17H18N2O2/c1-10-7-11(2)17(12(3)8-10)20-9-15-19-16-13(18)5-4-6-14(16)21-15/h4-8H,9,18H2,1-3H3. The third-order valence-electron chi connectivity index (χ3n) is 3.44. The van der Waals surface area contributed by atoms with Crippen LogP contribution in [0.1, 0.15) is 22.6 Å². The van der Waals surface area contributed by atoms with Crippen LogP contribution in [0.15, 0.2) is 34.7 Å². The Morgan fingerprint density at radius 3 is 2.52 bits per heavy atom. The molecule has 0 fully saturated rings. The first kappa shape index (κ1) is 13.5. The van der Waals surface area contributed by atoms with Crippen molar-refractivity contribution < 1.29 is 9.15 Å². The Balaban J connectivity index is 1.85. The topological polar surface area (TPSA) is 61.3 Å². The molecule has 3 aromatic rings. The highest BCUT2D eigenvalue weighted by atomic mass is 16.5. The average molecular weight is 282 g/mol. The van der Waals surface area contributed by atoms with Gasteiger partial charge < -0.3 is 14.9 Å². The van der Waals surface area contributed by atoms with Gasteiger partial charge in [0, 0.05) is 0 Å². The summed E-state index contributed by atoms with van der Waals surface area (Å²) in [5, 5.41) is 0. The van der Waals surface area contributed by atoms with Crippen molar-refractivity contribution in [2.24, 2.45) is 0 Å². The van der Waals surface area contributed by atoms with E-state index in [-0.39, 0.29) is 0 Å². The Bertz CT molecular complexity index is 783. The van der Waals surface area contributed by atoms with E-state index in [1.54, 1.807) is 0 Å². The van der Waals surface area contributed by atoms with Gasteiger partial charge in [0.1, 0.15) is 11.3 Å². The summed E-state index contributed by atoms with van der Waals surface area (Å²) in [6.45, 7) is 6.45. The Morgan fingerprint density at radius 1 is 1.14 bits per heavy atom. The van der Waals surface area contributed by atoms with E-state index >= 15 is 0 Å². The van der Waals surface area contributed by atoms with Crippen molar-refractivity contribution in [3.8, 4) is 5.75 Å². The molecule has 4 nitrogen and oxygen atoms in total. The van der Waals surface area contributed by atoms with E-state index in [0.29, 0.717) is 29.3 Å². The first-order chi connectivity index (χ1) is 10.0. The smallest absolute Gasteiger partial charge is 0.233 e. The number of hydrogen-bond donors (Lipinski definition) is 1. The molecule has 108 valence electrons. The minimum atomic E-state index is 0.291. The Labute approximate surface area is 123 Å². The van der Waals surface area contributed by atoms with Gasteiger partial charge in [-0.3, -0.25) is 0 Å². The van der Waals surface area contributed by atoms with Crippen LogP contribution in [0, 0.1) is 20.8 Å². The summed E-state index contributed by atoms with van der Waals surface area (Å²) in [5.41, 5.74) is 11.3. The number of nitrogens with two attached hydrogens (primary N) is 1. The lowest BCUT2D eigenvalue weighted by molar-refractivity contribution is 0.264. The van der Waals surface area contributed by atoms with Crippen LogP contribution in [0.4, 0.5) is 5.69 Å². The third-order valence-corrected chi connectivity index (χ3v) is 3.44. The van der Waals surface area contributed by atoms with Crippen molar-refractivity contribution >= 4 is 16.8 Å². The fourth-order valence-electron chi connectivity index (χ4n) is 2.61. The molecule has 0 unspecified atom stereocenters. The SMILES string of the molecule is Cc1cc(C)c(OCc2nc3c(N)cccc3o2)c(C)c1. The van der Waals surface area contributed by atoms with Crippen molar-refractivity contribution in [3.63, 3.8) is 0 Å². The van der Waals surface area contributed by atoms with Gasteiger partial charge in [0.25, 0.3) is 0 Å². The number of fused-ring (bicyclic) bond motifs is 1. The number of nitrogen functional groups attached to an aromatic ring is 1. The Hall–Kier alpha value is -2.49. The molecule has 0 atom stereocenters. The van der Waals surface area contributed by atoms with Gasteiger partial charge in [-0.2, -0.15) is 0 Å². The summed E-state index contributed by atoms with van der Waals surface area (Å²) in [4.78, 5) is 4.39. The third kappa shape index (κ3) is 2.57. The van der Waals surface area contributed by atoms with Gasteiger partial charge in [-0.15, -0.1) is 0 Å². The van der Waals surface area contributed by atoms with Crippen LogP contribution < -0.4 is 10.5 Å². The first-order valence-electron chi connectivity index (χ1n) is 6.89. The molecule has 0 aliphatic rings. The van der Waals surface area contributed by atoms with E-state index in [1.807, 2.05) is 32.0 Å². The van der Waals surface area contributed by atoms with Crippen molar-refractivity contribution in [2.45, 2.75) is 27.4 Å². The molecular weight excluding hydrogens is 264 g/mol. The van der Waals surface area contributed by atoms with Gasteiger partial charge in [0.2, 0.25) is 5.89 Å². The fourth-order valence-corrected chi connectivity index (χ4v) is 2.61. The van der Waals surface area contributed by atoms with Crippen molar-refractivity contribution in [1.29, 1.82) is 0 Å². The van der Waals surface area contributed by atoms with Gasteiger partial charge in [0.15, 0.2) is 12.2 Å². The van der Waals surface area contributed by atoms with Gasteiger partial charge in [0.05, 0.1) is 5.69 Å². The number of oxazole rings is 1. The zero-order valence-corrected chi connectivity index (χ0v) is 12.4. The molecule has 2 aromatic carbocycles. The molecule has 1 heterocycles. The molecule has 0 spiro atoms. The molecule has 3 rings (SSSR count). The van der Waals surface area contributed by atoms with Gasteiger partial charge >= 0.3 is 0 Å². The van der Waals surface area contributed by atoms with E-state index in [4.69, 9.17) is 14.9 Å². The second-order valence-electron chi connectivity index (χ2n) is 5.32. The molecule has 0 saturated heterocycles. The molecule has 0 saturated carbocycles. The van der Waals surface area contributed by atoms with E-state index < -0.39 is 0 Å². The molecule has 21 heavy (non-hydrogen) atoms. The molecule has 0 aliphatic carbocycles. The molecule has 0 bridgehead atoms. The number of benzene rings is 2. The second kappa shape index (κ2) is 5.13. The summed E-state index contributed by atoms with van der Waals surface area (Å²) < 4.78 is 11.5. The molecule has 0 radical (unpaired) electrons. The summed E-state index contributed by atoms with van der Waals surface area (Å²) in [7, 11) is 0. The molecule has 4 heteroatoms. The van der Waals surface area contributed by atoms with Gasteiger partial charge in [-0.25, -0.2) is 4.98 Å². The van der Waals surface area contributed by atoms with Crippen LogP contribution in [0.2, 0.25) is 0 Å². The van der Waals surface area contributed by atoms with Crippen molar-refractivity contribution in [2.75, 3.05) is 5.73 Å². The van der Waals surface area contributed by atoms with Crippen molar-refractivity contribution in [1.82, 2.24) is 4.98 Å². The minimum Gasteiger partial charge on any atom is -0.483 e. The zero-order valence-electron chi connectivity index (χ0n) is 12.4. The lowest BCUT2D eigenvalue weighted by Gasteiger charge is -2.11. The van der Waals surface area contributed by atoms with E-state index in [0.717, 1.165) is 16.9 Å². The zero-order chi connectivity index (χ0) is 15.0. The lowest BCUT2D eigenvalue weighted by Crippen LogP contribution is -1.99. The number of aromatic nitrogens is 1. The van der Waals surface area contributed by atoms with E-state index in [9.17, 15) is 0 Å². The monoisotopic (exact) mass is 282 g/mol. The number of hydrogen-bond acceptors (Lipinski definition) is 4. The molecule has 0 aliphatic heterocycles. The maximum absolute atomic E-state index is 5.88. The normalized spacial score (nSPS) is 11.0. The highest BCUT2D eigenvalue weighted by Gasteiger charge is 2.10. The number of para-hydroxylation sites is 1. The number of nitrogens with zero attached hydrogens (tertiary/aromatic N) is 1. The maximum atomic E-state index is 5.88. The summed E-state index contributed by atoms with van der Waals surface area (Å²) in [6.07, 6.45) is 0.